The first-order valence-corrected chi connectivity index (χ1v) is 6.42. The zero-order chi connectivity index (χ0) is 14.4. The van der Waals surface area contributed by atoms with Crippen molar-refractivity contribution in [1.82, 2.24) is 0 Å². The molecule has 2 rings (SSSR count). The number of hydrogen-bond donors (Lipinski definition) is 2. The molecular weight excluding hydrogens is 254 g/mol. The lowest BCUT2D eigenvalue weighted by molar-refractivity contribution is 0.0698. The SMILES string of the molecule is Cc1ccc(C(=O)O)c(NCCOc2ccccc2)c1. The van der Waals surface area contributed by atoms with Crippen LogP contribution in [0.25, 0.3) is 0 Å². The van der Waals surface area contributed by atoms with Crippen LogP contribution in [0.4, 0.5) is 5.69 Å². The molecule has 0 saturated carbocycles. The van der Waals surface area contributed by atoms with Crippen LogP contribution in [0.1, 0.15) is 15.9 Å². The molecule has 0 heterocycles. The van der Waals surface area contributed by atoms with E-state index in [0.29, 0.717) is 18.8 Å². The topological polar surface area (TPSA) is 58.6 Å². The van der Waals surface area contributed by atoms with Crippen LogP contribution in [-0.2, 0) is 0 Å². The number of hydrogen-bond acceptors (Lipinski definition) is 3. The van der Waals surface area contributed by atoms with Crippen molar-refractivity contribution in [2.75, 3.05) is 18.5 Å². The highest BCUT2D eigenvalue weighted by atomic mass is 16.5. The predicted molar refractivity (Wildman–Crippen MR) is 78.6 cm³/mol. The molecule has 104 valence electrons. The average Bonchev–Trinajstić information content (AvgIpc) is 2.44. The van der Waals surface area contributed by atoms with E-state index in [-0.39, 0.29) is 5.56 Å². The molecule has 0 aromatic heterocycles. The minimum atomic E-state index is -0.934. The number of ether oxygens (including phenoxy) is 1. The third-order valence-electron chi connectivity index (χ3n) is 2.83. The van der Waals surface area contributed by atoms with Crippen LogP contribution in [-0.4, -0.2) is 24.2 Å². The molecule has 20 heavy (non-hydrogen) atoms. The molecule has 0 aliphatic rings. The number of carboxylic acid groups (broad SMARTS) is 1. The summed E-state index contributed by atoms with van der Waals surface area (Å²) >= 11 is 0. The van der Waals surface area contributed by atoms with E-state index in [1.807, 2.05) is 43.3 Å². The number of nitrogens with one attached hydrogen (secondary N) is 1. The maximum absolute atomic E-state index is 11.1. The largest absolute Gasteiger partial charge is 0.492 e. The first-order chi connectivity index (χ1) is 9.66. The van der Waals surface area contributed by atoms with Gasteiger partial charge in [-0.1, -0.05) is 24.3 Å². The number of benzene rings is 2. The van der Waals surface area contributed by atoms with E-state index in [1.165, 1.54) is 0 Å². The lowest BCUT2D eigenvalue weighted by Crippen LogP contribution is -2.14. The lowest BCUT2D eigenvalue weighted by Gasteiger charge is -2.11. The summed E-state index contributed by atoms with van der Waals surface area (Å²) < 4.78 is 5.55. The third kappa shape index (κ3) is 3.75. The van der Waals surface area contributed by atoms with Crippen molar-refractivity contribution in [1.29, 1.82) is 0 Å². The molecule has 2 aromatic rings. The standard InChI is InChI=1S/C16H17NO3/c1-12-7-8-14(16(18)19)15(11-12)17-9-10-20-13-5-3-2-4-6-13/h2-8,11,17H,9-10H2,1H3,(H,18,19). The van der Waals surface area contributed by atoms with Gasteiger partial charge in [0.15, 0.2) is 0 Å². The van der Waals surface area contributed by atoms with Crippen molar-refractivity contribution in [3.05, 3.63) is 59.7 Å². The Kier molecular flexibility index (Phi) is 4.60. The fraction of sp³-hybridized carbons (Fsp3) is 0.188. The van der Waals surface area contributed by atoms with Gasteiger partial charge in [0.25, 0.3) is 0 Å². The summed E-state index contributed by atoms with van der Waals surface area (Å²) in [6.07, 6.45) is 0. The van der Waals surface area contributed by atoms with Crippen molar-refractivity contribution in [3.63, 3.8) is 0 Å². The summed E-state index contributed by atoms with van der Waals surface area (Å²) in [4.78, 5) is 11.1. The molecule has 2 aromatic carbocycles. The molecule has 0 unspecified atom stereocenters. The molecule has 0 atom stereocenters. The van der Waals surface area contributed by atoms with E-state index < -0.39 is 5.97 Å². The van der Waals surface area contributed by atoms with E-state index in [0.717, 1.165) is 11.3 Å². The van der Waals surface area contributed by atoms with E-state index >= 15 is 0 Å². The average molecular weight is 271 g/mol. The number of rotatable bonds is 6. The summed E-state index contributed by atoms with van der Waals surface area (Å²) in [6.45, 7) is 2.94. The third-order valence-corrected chi connectivity index (χ3v) is 2.83. The first kappa shape index (κ1) is 13.9. The van der Waals surface area contributed by atoms with Gasteiger partial charge in [0.1, 0.15) is 12.4 Å². The molecule has 0 spiro atoms. The van der Waals surface area contributed by atoms with Crippen LogP contribution in [0.5, 0.6) is 5.75 Å². The summed E-state index contributed by atoms with van der Waals surface area (Å²) in [5.74, 6) is -0.131. The van der Waals surface area contributed by atoms with Crippen LogP contribution in [0.3, 0.4) is 0 Å². The fourth-order valence-electron chi connectivity index (χ4n) is 1.86. The zero-order valence-electron chi connectivity index (χ0n) is 11.3. The van der Waals surface area contributed by atoms with Gasteiger partial charge >= 0.3 is 5.97 Å². The van der Waals surface area contributed by atoms with Gasteiger partial charge in [0, 0.05) is 12.2 Å². The van der Waals surface area contributed by atoms with Crippen molar-refractivity contribution in [2.45, 2.75) is 6.92 Å². The van der Waals surface area contributed by atoms with Crippen LogP contribution < -0.4 is 10.1 Å². The zero-order valence-corrected chi connectivity index (χ0v) is 11.3. The molecule has 0 aliphatic heterocycles. The summed E-state index contributed by atoms with van der Waals surface area (Å²) in [7, 11) is 0. The van der Waals surface area contributed by atoms with Gasteiger partial charge in [-0.2, -0.15) is 0 Å². The number of carbonyl (C=O) groups is 1. The number of anilines is 1. The lowest BCUT2D eigenvalue weighted by atomic mass is 10.1. The monoisotopic (exact) mass is 271 g/mol. The molecule has 4 heteroatoms. The Balaban J connectivity index is 1.91. The first-order valence-electron chi connectivity index (χ1n) is 6.42. The molecule has 0 bridgehead atoms. The second kappa shape index (κ2) is 6.61. The minimum absolute atomic E-state index is 0.273. The molecule has 0 radical (unpaired) electrons. The summed E-state index contributed by atoms with van der Waals surface area (Å²) in [5, 5.41) is 12.2. The van der Waals surface area contributed by atoms with Crippen molar-refractivity contribution in [2.24, 2.45) is 0 Å². The van der Waals surface area contributed by atoms with Gasteiger partial charge in [-0.25, -0.2) is 4.79 Å². The number of aryl methyl sites for hydroxylation is 1. The molecule has 2 N–H and O–H groups in total. The molecule has 0 amide bonds. The van der Waals surface area contributed by atoms with Gasteiger partial charge in [-0.05, 0) is 36.8 Å². The van der Waals surface area contributed by atoms with Crippen molar-refractivity contribution >= 4 is 11.7 Å². The number of aromatic carboxylic acids is 1. The Morgan fingerprint density at radius 3 is 2.65 bits per heavy atom. The van der Waals surface area contributed by atoms with E-state index in [2.05, 4.69) is 5.32 Å². The highest BCUT2D eigenvalue weighted by molar-refractivity contribution is 5.94. The van der Waals surface area contributed by atoms with E-state index in [9.17, 15) is 4.79 Å². The Bertz CT molecular complexity index is 582. The van der Waals surface area contributed by atoms with Crippen LogP contribution >= 0.6 is 0 Å². The Hall–Kier alpha value is -2.49. The summed E-state index contributed by atoms with van der Waals surface area (Å²) in [6, 6.07) is 14.7. The Morgan fingerprint density at radius 1 is 1.20 bits per heavy atom. The number of carboxylic acids is 1. The predicted octanol–water partition coefficient (Wildman–Crippen LogP) is 3.18. The Morgan fingerprint density at radius 2 is 1.95 bits per heavy atom. The Labute approximate surface area is 118 Å². The van der Waals surface area contributed by atoms with E-state index in [4.69, 9.17) is 9.84 Å². The molecule has 0 fully saturated rings. The quantitative estimate of drug-likeness (QED) is 0.792. The fourth-order valence-corrected chi connectivity index (χ4v) is 1.86. The smallest absolute Gasteiger partial charge is 0.337 e. The summed E-state index contributed by atoms with van der Waals surface area (Å²) in [5.41, 5.74) is 1.91. The second-order valence-electron chi connectivity index (χ2n) is 4.44. The molecular formula is C16H17NO3. The van der Waals surface area contributed by atoms with Gasteiger partial charge in [0.05, 0.1) is 5.56 Å². The second-order valence-corrected chi connectivity index (χ2v) is 4.44. The maximum atomic E-state index is 11.1. The van der Waals surface area contributed by atoms with Crippen molar-refractivity contribution < 1.29 is 14.6 Å². The van der Waals surface area contributed by atoms with Crippen LogP contribution in [0.15, 0.2) is 48.5 Å². The van der Waals surface area contributed by atoms with E-state index in [1.54, 1.807) is 12.1 Å². The maximum Gasteiger partial charge on any atom is 0.337 e. The molecule has 0 aliphatic carbocycles. The molecule has 0 saturated heterocycles. The highest BCUT2D eigenvalue weighted by Crippen LogP contribution is 2.17. The highest BCUT2D eigenvalue weighted by Gasteiger charge is 2.09. The van der Waals surface area contributed by atoms with Crippen LogP contribution in [0.2, 0.25) is 0 Å². The van der Waals surface area contributed by atoms with Gasteiger partial charge in [-0.15, -0.1) is 0 Å². The van der Waals surface area contributed by atoms with Gasteiger partial charge in [-0.3, -0.25) is 0 Å². The van der Waals surface area contributed by atoms with Crippen molar-refractivity contribution in [3.8, 4) is 5.75 Å². The van der Waals surface area contributed by atoms with Gasteiger partial charge in [0.2, 0.25) is 0 Å². The van der Waals surface area contributed by atoms with Gasteiger partial charge < -0.3 is 15.2 Å². The minimum Gasteiger partial charge on any atom is -0.492 e. The number of para-hydroxylation sites is 1. The van der Waals surface area contributed by atoms with Crippen LogP contribution in [0, 0.1) is 6.92 Å². The molecule has 4 nitrogen and oxygen atoms in total. The normalized spacial score (nSPS) is 10.1.